The van der Waals surface area contributed by atoms with Gasteiger partial charge >= 0.3 is 0 Å². The zero-order valence-electron chi connectivity index (χ0n) is 15.2. The van der Waals surface area contributed by atoms with Gasteiger partial charge in [0.2, 0.25) is 10.0 Å². The van der Waals surface area contributed by atoms with E-state index in [0.717, 1.165) is 15.9 Å². The number of sulfonamides is 1. The second-order valence-electron chi connectivity index (χ2n) is 6.13. The molecule has 0 amide bonds. The number of nitro benzene ring substituents is 1. The lowest BCUT2D eigenvalue weighted by Gasteiger charge is -2.19. The average Bonchev–Trinajstić information content (AvgIpc) is 2.58. The first kappa shape index (κ1) is 19.9. The number of non-ortho nitro benzene ring substituents is 1. The van der Waals surface area contributed by atoms with E-state index in [2.05, 4.69) is 0 Å². The van der Waals surface area contributed by atoms with Crippen LogP contribution in [-0.2, 0) is 10.0 Å². The molecule has 0 radical (unpaired) electrons. The topological polar surface area (TPSA) is 89.8 Å². The summed E-state index contributed by atoms with van der Waals surface area (Å²) in [5.74, 6) is 0.656. The van der Waals surface area contributed by atoms with Crippen LogP contribution >= 0.6 is 0 Å². The summed E-state index contributed by atoms with van der Waals surface area (Å²) in [7, 11) is -2.43. The first-order chi connectivity index (χ1) is 12.1. The van der Waals surface area contributed by atoms with Gasteiger partial charge in [-0.2, -0.15) is 4.31 Å². The Kier molecular flexibility index (Phi) is 5.99. The molecule has 8 heteroatoms. The summed E-state index contributed by atoms with van der Waals surface area (Å²) in [6.45, 7) is 5.56. The van der Waals surface area contributed by atoms with Crippen molar-refractivity contribution in [2.24, 2.45) is 0 Å². The van der Waals surface area contributed by atoms with Gasteiger partial charge in [0.15, 0.2) is 0 Å². The van der Waals surface area contributed by atoms with E-state index in [4.69, 9.17) is 4.74 Å². The molecule has 2 rings (SSSR count). The van der Waals surface area contributed by atoms with Crippen LogP contribution in [-0.4, -0.2) is 37.8 Å². The third-order valence-electron chi connectivity index (χ3n) is 4.20. The van der Waals surface area contributed by atoms with Crippen molar-refractivity contribution in [3.8, 4) is 5.75 Å². The number of likely N-dealkylation sites (N-methyl/N-ethyl adjacent to an activating group) is 1. The van der Waals surface area contributed by atoms with Crippen molar-refractivity contribution >= 4 is 15.7 Å². The molecule has 0 saturated carbocycles. The highest BCUT2D eigenvalue weighted by Gasteiger charge is 2.26. The third kappa shape index (κ3) is 4.39. The molecule has 0 fully saturated rings. The van der Waals surface area contributed by atoms with Gasteiger partial charge in [0.1, 0.15) is 12.4 Å². The van der Waals surface area contributed by atoms with Crippen LogP contribution in [0.2, 0.25) is 0 Å². The van der Waals surface area contributed by atoms with Gasteiger partial charge in [-0.3, -0.25) is 10.1 Å². The standard InChI is InChI=1S/C18H22N2O5S/c1-13-5-7-17(8-6-13)25-10-9-19(4)26(23,24)18-12-16(20(21)22)11-14(2)15(18)3/h5-8,11-12H,9-10H2,1-4H3. The summed E-state index contributed by atoms with van der Waals surface area (Å²) < 4.78 is 32.3. The zero-order chi connectivity index (χ0) is 19.5. The van der Waals surface area contributed by atoms with Crippen molar-refractivity contribution in [1.82, 2.24) is 4.31 Å². The highest BCUT2D eigenvalue weighted by Crippen LogP contribution is 2.27. The van der Waals surface area contributed by atoms with E-state index < -0.39 is 14.9 Å². The Morgan fingerprint density at radius 3 is 2.31 bits per heavy atom. The molecular weight excluding hydrogens is 356 g/mol. The lowest BCUT2D eigenvalue weighted by molar-refractivity contribution is -0.385. The van der Waals surface area contributed by atoms with Gasteiger partial charge in [-0.25, -0.2) is 8.42 Å². The van der Waals surface area contributed by atoms with Crippen molar-refractivity contribution in [3.05, 3.63) is 63.2 Å². The SMILES string of the molecule is Cc1ccc(OCCN(C)S(=O)(=O)c2cc([N+](=O)[O-])cc(C)c2C)cc1. The summed E-state index contributed by atoms with van der Waals surface area (Å²) in [6, 6.07) is 9.93. The predicted molar refractivity (Wildman–Crippen MR) is 99.1 cm³/mol. The normalized spacial score (nSPS) is 11.6. The first-order valence-corrected chi connectivity index (χ1v) is 9.48. The van der Waals surface area contributed by atoms with Crippen LogP contribution in [0.5, 0.6) is 5.75 Å². The largest absolute Gasteiger partial charge is 0.492 e. The minimum absolute atomic E-state index is 0.0537. The molecular formula is C18H22N2O5S. The molecule has 7 nitrogen and oxygen atoms in total. The molecule has 26 heavy (non-hydrogen) atoms. The van der Waals surface area contributed by atoms with Gasteiger partial charge in [-0.15, -0.1) is 0 Å². The van der Waals surface area contributed by atoms with Crippen LogP contribution in [0.25, 0.3) is 0 Å². The second-order valence-corrected chi connectivity index (χ2v) is 8.14. The molecule has 0 aliphatic rings. The van der Waals surface area contributed by atoms with E-state index >= 15 is 0 Å². The van der Waals surface area contributed by atoms with Crippen LogP contribution in [0.15, 0.2) is 41.3 Å². The van der Waals surface area contributed by atoms with Gasteiger partial charge in [0, 0.05) is 25.7 Å². The lowest BCUT2D eigenvalue weighted by atomic mass is 10.1. The summed E-state index contributed by atoms with van der Waals surface area (Å²) in [5, 5.41) is 11.0. The van der Waals surface area contributed by atoms with Crippen LogP contribution in [0.4, 0.5) is 5.69 Å². The molecule has 0 atom stereocenters. The summed E-state index contributed by atoms with van der Waals surface area (Å²) in [4.78, 5) is 10.4. The molecule has 0 unspecified atom stereocenters. The molecule has 0 saturated heterocycles. The fourth-order valence-electron chi connectivity index (χ4n) is 2.40. The number of ether oxygens (including phenoxy) is 1. The molecule has 0 N–H and O–H groups in total. The fourth-order valence-corrected chi connectivity index (χ4v) is 3.86. The average molecular weight is 378 g/mol. The van der Waals surface area contributed by atoms with Crippen molar-refractivity contribution in [3.63, 3.8) is 0 Å². The van der Waals surface area contributed by atoms with Gasteiger partial charge in [-0.05, 0) is 44.0 Å². The number of aryl methyl sites for hydroxylation is 2. The van der Waals surface area contributed by atoms with Gasteiger partial charge in [0.25, 0.3) is 5.69 Å². The Morgan fingerprint density at radius 2 is 1.73 bits per heavy atom. The molecule has 0 aliphatic heterocycles. The van der Waals surface area contributed by atoms with Crippen LogP contribution < -0.4 is 4.74 Å². The molecule has 140 valence electrons. The smallest absolute Gasteiger partial charge is 0.271 e. The van der Waals surface area contributed by atoms with Gasteiger partial charge in [-0.1, -0.05) is 17.7 Å². The van der Waals surface area contributed by atoms with Crippen LogP contribution in [0, 0.1) is 30.9 Å². The second kappa shape index (κ2) is 7.84. The molecule has 0 aromatic heterocycles. The molecule has 2 aromatic rings. The molecule has 0 aliphatic carbocycles. The monoisotopic (exact) mass is 378 g/mol. The molecule has 2 aromatic carbocycles. The number of hydrogen-bond acceptors (Lipinski definition) is 5. The van der Waals surface area contributed by atoms with Gasteiger partial charge in [0.05, 0.1) is 9.82 Å². The fraction of sp³-hybridized carbons (Fsp3) is 0.333. The maximum Gasteiger partial charge on any atom is 0.271 e. The first-order valence-electron chi connectivity index (χ1n) is 8.04. The number of benzene rings is 2. The lowest BCUT2D eigenvalue weighted by Crippen LogP contribution is -2.31. The van der Waals surface area contributed by atoms with E-state index in [1.807, 2.05) is 31.2 Å². The number of nitrogens with zero attached hydrogens (tertiary/aromatic N) is 2. The van der Waals surface area contributed by atoms with Crippen molar-refractivity contribution < 1.29 is 18.1 Å². The van der Waals surface area contributed by atoms with E-state index in [0.29, 0.717) is 16.9 Å². The quantitative estimate of drug-likeness (QED) is 0.545. The van der Waals surface area contributed by atoms with Crippen LogP contribution in [0.1, 0.15) is 16.7 Å². The van der Waals surface area contributed by atoms with Crippen LogP contribution in [0.3, 0.4) is 0 Å². The van der Waals surface area contributed by atoms with Crippen molar-refractivity contribution in [2.45, 2.75) is 25.7 Å². The Bertz CT molecular complexity index is 908. The van der Waals surface area contributed by atoms with E-state index in [9.17, 15) is 18.5 Å². The predicted octanol–water partition coefficient (Wildman–Crippen LogP) is 3.22. The number of nitro groups is 1. The van der Waals surface area contributed by atoms with Gasteiger partial charge < -0.3 is 4.74 Å². The Balaban J connectivity index is 2.16. The Labute approximate surface area is 153 Å². The minimum Gasteiger partial charge on any atom is -0.492 e. The van der Waals surface area contributed by atoms with E-state index in [1.165, 1.54) is 13.1 Å². The van der Waals surface area contributed by atoms with E-state index in [-0.39, 0.29) is 23.7 Å². The third-order valence-corrected chi connectivity index (χ3v) is 6.18. The summed E-state index contributed by atoms with van der Waals surface area (Å²) >= 11 is 0. The summed E-state index contributed by atoms with van der Waals surface area (Å²) in [6.07, 6.45) is 0. The van der Waals surface area contributed by atoms with E-state index in [1.54, 1.807) is 13.8 Å². The number of rotatable bonds is 7. The highest BCUT2D eigenvalue weighted by atomic mass is 32.2. The maximum absolute atomic E-state index is 12.8. The van der Waals surface area contributed by atoms with Crippen molar-refractivity contribution in [1.29, 1.82) is 0 Å². The van der Waals surface area contributed by atoms with Crippen molar-refractivity contribution in [2.75, 3.05) is 20.2 Å². The molecule has 0 spiro atoms. The maximum atomic E-state index is 12.8. The summed E-state index contributed by atoms with van der Waals surface area (Å²) in [5.41, 5.74) is 1.92. The molecule has 0 bridgehead atoms. The number of hydrogen-bond donors (Lipinski definition) is 0. The highest BCUT2D eigenvalue weighted by molar-refractivity contribution is 7.89. The Hall–Kier alpha value is -2.45. The minimum atomic E-state index is -3.86. The zero-order valence-corrected chi connectivity index (χ0v) is 16.0. The molecule has 0 heterocycles. The Morgan fingerprint density at radius 1 is 1.12 bits per heavy atom.